The molecule has 6 rings (SSSR count). The summed E-state index contributed by atoms with van der Waals surface area (Å²) in [5.41, 5.74) is 4.30. The third-order valence-electron chi connectivity index (χ3n) is 7.59. The van der Waals surface area contributed by atoms with Crippen LogP contribution >= 0.6 is 22.9 Å². The van der Waals surface area contributed by atoms with Crippen molar-refractivity contribution in [2.24, 2.45) is 0 Å². The summed E-state index contributed by atoms with van der Waals surface area (Å²) in [5.74, 6) is -1.18. The Balaban J connectivity index is 1.12. The summed E-state index contributed by atoms with van der Waals surface area (Å²) in [4.78, 5) is 22.4. The second-order valence-electron chi connectivity index (χ2n) is 10.3. The number of rotatable bonds is 6. The molecule has 0 saturated carbocycles. The summed E-state index contributed by atoms with van der Waals surface area (Å²) < 4.78 is 27.2. The van der Waals surface area contributed by atoms with Crippen LogP contribution in [-0.4, -0.2) is 39.0 Å². The molecule has 2 aromatic heterocycles. The predicted octanol–water partition coefficient (Wildman–Crippen LogP) is 7.03. The highest BCUT2D eigenvalue weighted by molar-refractivity contribution is 7.13. The Morgan fingerprint density at radius 2 is 2.02 bits per heavy atom. The molecule has 1 atom stereocenters. The minimum atomic E-state index is -1.27. The van der Waals surface area contributed by atoms with E-state index in [0.29, 0.717) is 27.1 Å². The summed E-state index contributed by atoms with van der Waals surface area (Å²) in [7, 11) is 0. The van der Waals surface area contributed by atoms with Crippen molar-refractivity contribution >= 4 is 28.9 Å². The highest BCUT2D eigenvalue weighted by atomic mass is 35.5. The molecule has 10 heteroatoms. The van der Waals surface area contributed by atoms with Gasteiger partial charge in [-0.05, 0) is 74.7 Å². The zero-order valence-corrected chi connectivity index (χ0v) is 23.6. The molecule has 1 saturated heterocycles. The number of pyridine rings is 1. The van der Waals surface area contributed by atoms with E-state index in [4.69, 9.17) is 26.2 Å². The van der Waals surface area contributed by atoms with E-state index >= 15 is 0 Å². The minimum Gasteiger partial charge on any atom is -0.476 e. The van der Waals surface area contributed by atoms with E-state index in [0.717, 1.165) is 54.9 Å². The lowest BCUT2D eigenvalue weighted by Crippen LogP contribution is -2.34. The first kappa shape index (κ1) is 26.7. The Morgan fingerprint density at radius 1 is 1.23 bits per heavy atom. The summed E-state index contributed by atoms with van der Waals surface area (Å²) in [6.45, 7) is 6.28. The van der Waals surface area contributed by atoms with Gasteiger partial charge in [-0.15, -0.1) is 11.3 Å². The number of hydrogen-bond donors (Lipinski definition) is 1. The van der Waals surface area contributed by atoms with Crippen LogP contribution in [0, 0.1) is 12.7 Å². The number of para-hydroxylation sites is 1. The van der Waals surface area contributed by atoms with Gasteiger partial charge in [0.1, 0.15) is 10.8 Å². The Morgan fingerprint density at radius 3 is 2.73 bits per heavy atom. The van der Waals surface area contributed by atoms with Gasteiger partial charge < -0.3 is 14.6 Å². The van der Waals surface area contributed by atoms with Gasteiger partial charge in [-0.2, -0.15) is 0 Å². The van der Waals surface area contributed by atoms with E-state index in [9.17, 15) is 9.18 Å². The number of ether oxygens (including phenoxy) is 2. The Labute approximate surface area is 240 Å². The zero-order chi connectivity index (χ0) is 28.0. The normalized spacial score (nSPS) is 19.2. The van der Waals surface area contributed by atoms with E-state index in [1.807, 2.05) is 25.1 Å². The smallest absolute Gasteiger partial charge is 0.355 e. The molecule has 1 fully saturated rings. The molecule has 0 amide bonds. The predicted molar refractivity (Wildman–Crippen MR) is 151 cm³/mol. The fourth-order valence-electron chi connectivity index (χ4n) is 5.44. The molecule has 4 aromatic rings. The van der Waals surface area contributed by atoms with E-state index in [1.165, 1.54) is 17.4 Å². The molecule has 40 heavy (non-hydrogen) atoms. The first-order chi connectivity index (χ1) is 19.2. The summed E-state index contributed by atoms with van der Waals surface area (Å²) in [6, 6.07) is 12.4. The molecule has 4 heterocycles. The van der Waals surface area contributed by atoms with Gasteiger partial charge >= 0.3 is 5.97 Å². The van der Waals surface area contributed by atoms with Crippen molar-refractivity contribution in [2.75, 3.05) is 13.1 Å². The van der Waals surface area contributed by atoms with Gasteiger partial charge in [0, 0.05) is 41.2 Å². The Bertz CT molecular complexity index is 1600. The van der Waals surface area contributed by atoms with Crippen LogP contribution in [-0.2, 0) is 12.3 Å². The molecule has 206 valence electrons. The maximum Gasteiger partial charge on any atom is 0.355 e. The van der Waals surface area contributed by atoms with Crippen LogP contribution < -0.4 is 9.47 Å². The Kier molecular flexibility index (Phi) is 6.98. The molecule has 2 aliphatic rings. The van der Waals surface area contributed by atoms with Gasteiger partial charge in [0.15, 0.2) is 17.2 Å². The van der Waals surface area contributed by atoms with Gasteiger partial charge in [-0.1, -0.05) is 23.7 Å². The number of hydrogen-bond acceptors (Lipinski definition) is 7. The third kappa shape index (κ3) is 5.05. The number of carboxylic acids is 1. The van der Waals surface area contributed by atoms with E-state index in [1.54, 1.807) is 30.6 Å². The van der Waals surface area contributed by atoms with Gasteiger partial charge in [0.25, 0.3) is 5.79 Å². The van der Waals surface area contributed by atoms with Gasteiger partial charge in [-0.3, -0.25) is 9.88 Å². The summed E-state index contributed by atoms with van der Waals surface area (Å²) >= 11 is 7.25. The number of aromatic nitrogens is 2. The van der Waals surface area contributed by atoms with Gasteiger partial charge in [-0.25, -0.2) is 14.2 Å². The maximum atomic E-state index is 14.7. The van der Waals surface area contributed by atoms with Crippen LogP contribution in [0.1, 0.15) is 58.6 Å². The number of piperidine rings is 1. The van der Waals surface area contributed by atoms with E-state index in [2.05, 4.69) is 20.9 Å². The highest BCUT2D eigenvalue weighted by Gasteiger charge is 2.43. The maximum absolute atomic E-state index is 14.7. The third-order valence-corrected chi connectivity index (χ3v) is 8.72. The number of benzene rings is 2. The number of carbonyl (C=O) groups is 1. The number of thiazole rings is 1. The monoisotopic (exact) mass is 579 g/mol. The lowest BCUT2D eigenvalue weighted by molar-refractivity contribution is -0.0712. The lowest BCUT2D eigenvalue weighted by atomic mass is 9.88. The van der Waals surface area contributed by atoms with Crippen LogP contribution in [0.5, 0.6) is 11.5 Å². The number of aryl methyl sites for hydroxylation is 1. The average molecular weight is 580 g/mol. The second kappa shape index (κ2) is 10.5. The molecule has 0 spiro atoms. The average Bonchev–Trinajstić information content (AvgIpc) is 3.55. The highest BCUT2D eigenvalue weighted by Crippen LogP contribution is 2.49. The van der Waals surface area contributed by atoms with Crippen LogP contribution in [0.4, 0.5) is 4.39 Å². The van der Waals surface area contributed by atoms with E-state index in [-0.39, 0.29) is 11.6 Å². The molecular formula is C30H27ClFN3O4S. The molecule has 2 aromatic carbocycles. The fourth-order valence-corrected chi connectivity index (χ4v) is 6.38. The van der Waals surface area contributed by atoms with Crippen molar-refractivity contribution in [3.8, 4) is 22.1 Å². The molecule has 0 unspecified atom stereocenters. The summed E-state index contributed by atoms with van der Waals surface area (Å²) in [5, 5.41) is 11.7. The van der Waals surface area contributed by atoms with Crippen molar-refractivity contribution in [1.82, 2.24) is 14.9 Å². The lowest BCUT2D eigenvalue weighted by Gasteiger charge is -2.32. The van der Waals surface area contributed by atoms with Gasteiger partial charge in [0.2, 0.25) is 0 Å². The number of halogens is 2. The van der Waals surface area contributed by atoms with Crippen molar-refractivity contribution in [3.05, 3.63) is 93.0 Å². The van der Waals surface area contributed by atoms with Crippen molar-refractivity contribution in [2.45, 2.75) is 44.9 Å². The second-order valence-corrected chi connectivity index (χ2v) is 11.6. The van der Waals surface area contributed by atoms with Crippen LogP contribution in [0.3, 0.4) is 0 Å². The molecule has 1 N–H and O–H groups in total. The van der Waals surface area contributed by atoms with Crippen LogP contribution in [0.15, 0.2) is 54.0 Å². The standard InChI is InChI=1S/C30H27ClFN3O4S/c1-17-12-19(28-34-25(16-40-28)29(36)37)14-33-24(17)15-35-10-8-18(9-11-35)21-4-3-5-26-27(21)39-30(2,38-26)22-7-6-20(31)13-23(22)32/h3-7,12-14,16,18H,8-11,15H2,1-2H3,(H,36,37)/t30-/m0/s1. The Hall–Kier alpha value is -3.53. The topological polar surface area (TPSA) is 84.8 Å². The van der Waals surface area contributed by atoms with Crippen LogP contribution in [0.2, 0.25) is 5.02 Å². The molecule has 7 nitrogen and oxygen atoms in total. The number of nitrogens with zero attached hydrogens (tertiary/aromatic N) is 3. The first-order valence-electron chi connectivity index (χ1n) is 13.0. The first-order valence-corrected chi connectivity index (χ1v) is 14.3. The van der Waals surface area contributed by atoms with Crippen molar-refractivity contribution < 1.29 is 23.8 Å². The number of fused-ring (bicyclic) bond motifs is 1. The molecular weight excluding hydrogens is 553 g/mol. The van der Waals surface area contributed by atoms with Crippen LogP contribution in [0.25, 0.3) is 10.6 Å². The van der Waals surface area contributed by atoms with Gasteiger partial charge in [0.05, 0.1) is 11.3 Å². The number of carboxylic acid groups (broad SMARTS) is 1. The molecule has 0 bridgehead atoms. The number of aromatic carboxylic acids is 1. The minimum absolute atomic E-state index is 0.0485. The number of likely N-dealkylation sites (tertiary alicyclic amines) is 1. The van der Waals surface area contributed by atoms with Crippen molar-refractivity contribution in [1.29, 1.82) is 0 Å². The quantitative estimate of drug-likeness (QED) is 0.262. The van der Waals surface area contributed by atoms with E-state index < -0.39 is 17.6 Å². The fraction of sp³-hybridized carbons (Fsp3) is 0.300. The molecule has 2 aliphatic heterocycles. The van der Waals surface area contributed by atoms with Crippen molar-refractivity contribution in [3.63, 3.8) is 0 Å². The SMILES string of the molecule is Cc1cc(-c2nc(C(=O)O)cs2)cnc1CN1CCC(c2cccc3c2O[C@@](C)(c2ccc(Cl)cc2F)O3)CC1. The summed E-state index contributed by atoms with van der Waals surface area (Å²) in [6.07, 6.45) is 3.66. The molecule has 0 radical (unpaired) electrons. The molecule has 0 aliphatic carbocycles. The largest absolute Gasteiger partial charge is 0.476 e. The zero-order valence-electron chi connectivity index (χ0n) is 22.0.